The Hall–Kier alpha value is -2.08. The first-order valence-electron chi connectivity index (χ1n) is 8.70. The highest BCUT2D eigenvalue weighted by Gasteiger charge is 2.06. The second kappa shape index (κ2) is 9.27. The Labute approximate surface area is 145 Å². The maximum Gasteiger partial charge on any atom is 0.191 e. The third-order valence-corrected chi connectivity index (χ3v) is 4.25. The highest BCUT2D eigenvalue weighted by molar-refractivity contribution is 5.79. The van der Waals surface area contributed by atoms with Crippen LogP contribution < -0.4 is 10.6 Å². The fourth-order valence-corrected chi connectivity index (χ4v) is 2.67. The molecule has 24 heavy (non-hydrogen) atoms. The van der Waals surface area contributed by atoms with E-state index in [1.54, 1.807) is 0 Å². The van der Waals surface area contributed by atoms with Crippen molar-refractivity contribution in [3.63, 3.8) is 0 Å². The van der Waals surface area contributed by atoms with Crippen LogP contribution in [0.2, 0.25) is 0 Å². The van der Waals surface area contributed by atoms with Crippen LogP contribution in [-0.2, 0) is 6.54 Å². The van der Waals surface area contributed by atoms with E-state index in [1.807, 2.05) is 13.1 Å². The molecular weight excluding hydrogens is 300 g/mol. The maximum absolute atomic E-state index is 4.61. The largest absolute Gasteiger partial charge is 0.356 e. The van der Waals surface area contributed by atoms with Crippen LogP contribution in [0.3, 0.4) is 0 Å². The van der Waals surface area contributed by atoms with Gasteiger partial charge in [-0.25, -0.2) is 4.98 Å². The van der Waals surface area contributed by atoms with Gasteiger partial charge in [-0.15, -0.1) is 0 Å². The Morgan fingerprint density at radius 3 is 2.75 bits per heavy atom. The molecule has 2 N–H and O–H groups in total. The van der Waals surface area contributed by atoms with E-state index in [4.69, 9.17) is 0 Å². The van der Waals surface area contributed by atoms with Crippen molar-refractivity contribution in [1.82, 2.24) is 25.1 Å². The summed E-state index contributed by atoms with van der Waals surface area (Å²) in [4.78, 5) is 11.2. The van der Waals surface area contributed by atoms with Crippen molar-refractivity contribution in [1.29, 1.82) is 0 Å². The van der Waals surface area contributed by atoms with E-state index >= 15 is 0 Å². The van der Waals surface area contributed by atoms with Gasteiger partial charge in [0.1, 0.15) is 5.82 Å². The summed E-state index contributed by atoms with van der Waals surface area (Å²) >= 11 is 0. The molecule has 0 aliphatic heterocycles. The van der Waals surface area contributed by atoms with Gasteiger partial charge in [-0.2, -0.15) is 0 Å². The number of aryl methyl sites for hydroxylation is 2. The van der Waals surface area contributed by atoms with Crippen molar-refractivity contribution in [2.45, 2.75) is 26.8 Å². The molecule has 0 atom stereocenters. The Morgan fingerprint density at radius 2 is 2.00 bits per heavy atom. The Morgan fingerprint density at radius 1 is 1.25 bits per heavy atom. The number of rotatable bonds is 8. The topological polar surface area (TPSA) is 57.5 Å². The minimum absolute atomic E-state index is 0.867. The summed E-state index contributed by atoms with van der Waals surface area (Å²) < 4.78 is 2.28. The van der Waals surface area contributed by atoms with Gasteiger partial charge in [0.2, 0.25) is 0 Å². The number of nitrogens with zero attached hydrogens (tertiary/aromatic N) is 4. The molecule has 1 aromatic carbocycles. The molecule has 132 valence electrons. The minimum Gasteiger partial charge on any atom is -0.356 e. The van der Waals surface area contributed by atoms with Crippen molar-refractivity contribution in [2.75, 3.05) is 40.3 Å². The number of hydrogen-bond donors (Lipinski definition) is 2. The first-order valence-corrected chi connectivity index (χ1v) is 8.70. The molecular formula is C18H30N6. The van der Waals surface area contributed by atoms with Gasteiger partial charge in [0.25, 0.3) is 0 Å². The molecule has 0 unspecified atom stereocenters. The first-order chi connectivity index (χ1) is 11.7. The fourth-order valence-electron chi connectivity index (χ4n) is 2.67. The summed E-state index contributed by atoms with van der Waals surface area (Å²) in [6, 6.07) is 8.30. The van der Waals surface area contributed by atoms with Crippen molar-refractivity contribution < 1.29 is 0 Å². The molecule has 0 fully saturated rings. The van der Waals surface area contributed by atoms with Crippen LogP contribution in [0.5, 0.6) is 0 Å². The van der Waals surface area contributed by atoms with Crippen molar-refractivity contribution in [2.24, 2.45) is 4.99 Å². The lowest BCUT2D eigenvalue weighted by Gasteiger charge is -2.16. The smallest absolute Gasteiger partial charge is 0.191 e. The summed E-state index contributed by atoms with van der Waals surface area (Å²) in [5.41, 5.74) is 2.28. The van der Waals surface area contributed by atoms with Gasteiger partial charge in [-0.05, 0) is 39.1 Å². The molecule has 0 saturated heterocycles. The molecule has 0 saturated carbocycles. The summed E-state index contributed by atoms with van der Waals surface area (Å²) in [5, 5.41) is 6.73. The third kappa shape index (κ3) is 4.96. The standard InChI is InChI=1S/C18H30N6/c1-5-23(4)14-12-21-18(19-3)20-11-8-13-24-15(2)22-16-9-6-7-10-17(16)24/h6-7,9-10H,5,8,11-14H2,1-4H3,(H2,19,20,21). The fraction of sp³-hybridized carbons (Fsp3) is 0.556. The predicted molar refractivity (Wildman–Crippen MR) is 102 cm³/mol. The molecule has 2 aromatic rings. The highest BCUT2D eigenvalue weighted by atomic mass is 15.2. The lowest BCUT2D eigenvalue weighted by atomic mass is 10.3. The first kappa shape index (κ1) is 18.3. The zero-order chi connectivity index (χ0) is 17.4. The van der Waals surface area contributed by atoms with Crippen LogP contribution in [0.15, 0.2) is 29.3 Å². The predicted octanol–water partition coefficient (Wildman–Crippen LogP) is 1.85. The van der Waals surface area contributed by atoms with E-state index in [-0.39, 0.29) is 0 Å². The van der Waals surface area contributed by atoms with E-state index in [1.165, 1.54) is 5.52 Å². The van der Waals surface area contributed by atoms with Crippen molar-refractivity contribution >= 4 is 17.0 Å². The van der Waals surface area contributed by atoms with Crippen LogP contribution in [0.1, 0.15) is 19.2 Å². The molecule has 0 aliphatic rings. The Kier molecular flexibility index (Phi) is 7.06. The SMILES string of the molecule is CCN(C)CCNC(=NC)NCCCn1c(C)nc2ccccc21. The van der Waals surface area contributed by atoms with Crippen molar-refractivity contribution in [3.05, 3.63) is 30.1 Å². The van der Waals surface area contributed by atoms with Gasteiger partial charge >= 0.3 is 0 Å². The van der Waals surface area contributed by atoms with E-state index in [0.29, 0.717) is 0 Å². The zero-order valence-electron chi connectivity index (χ0n) is 15.3. The van der Waals surface area contributed by atoms with Crippen LogP contribution in [0.25, 0.3) is 11.0 Å². The number of imidazole rings is 1. The Balaban J connectivity index is 1.76. The van der Waals surface area contributed by atoms with Gasteiger partial charge in [-0.1, -0.05) is 19.1 Å². The lowest BCUT2D eigenvalue weighted by molar-refractivity contribution is 0.357. The lowest BCUT2D eigenvalue weighted by Crippen LogP contribution is -2.41. The van der Waals surface area contributed by atoms with Crippen LogP contribution >= 0.6 is 0 Å². The number of likely N-dealkylation sites (N-methyl/N-ethyl adjacent to an activating group) is 1. The van der Waals surface area contributed by atoms with E-state index in [9.17, 15) is 0 Å². The highest BCUT2D eigenvalue weighted by Crippen LogP contribution is 2.15. The van der Waals surface area contributed by atoms with Gasteiger partial charge in [0.05, 0.1) is 11.0 Å². The number of aromatic nitrogens is 2. The second-order valence-corrected chi connectivity index (χ2v) is 5.97. The quantitative estimate of drug-likeness (QED) is 0.441. The van der Waals surface area contributed by atoms with Crippen LogP contribution in [0, 0.1) is 6.92 Å². The van der Waals surface area contributed by atoms with Crippen LogP contribution in [0.4, 0.5) is 0 Å². The molecule has 6 nitrogen and oxygen atoms in total. The Bertz CT molecular complexity index is 661. The van der Waals surface area contributed by atoms with Gasteiger partial charge in [0, 0.05) is 33.2 Å². The zero-order valence-corrected chi connectivity index (χ0v) is 15.3. The van der Waals surface area contributed by atoms with Crippen molar-refractivity contribution in [3.8, 4) is 0 Å². The van der Waals surface area contributed by atoms with Gasteiger partial charge in [0.15, 0.2) is 5.96 Å². The average molecular weight is 330 g/mol. The summed E-state index contributed by atoms with van der Waals surface area (Å²) in [6.07, 6.45) is 1.02. The number of aliphatic imine (C=N–C) groups is 1. The maximum atomic E-state index is 4.61. The van der Waals surface area contributed by atoms with Gasteiger partial charge in [-0.3, -0.25) is 4.99 Å². The molecule has 0 amide bonds. The number of guanidine groups is 1. The number of fused-ring (bicyclic) bond motifs is 1. The monoisotopic (exact) mass is 330 g/mol. The number of nitrogens with one attached hydrogen (secondary N) is 2. The summed E-state index contributed by atoms with van der Waals surface area (Å²) in [5.74, 6) is 1.94. The molecule has 0 radical (unpaired) electrons. The third-order valence-electron chi connectivity index (χ3n) is 4.25. The molecule has 2 rings (SSSR count). The molecule has 0 bridgehead atoms. The van der Waals surface area contributed by atoms with Crippen LogP contribution in [-0.4, -0.2) is 60.7 Å². The molecule has 6 heteroatoms. The number of benzene rings is 1. The molecule has 1 heterocycles. The molecule has 1 aromatic heterocycles. The normalized spacial score (nSPS) is 12.1. The molecule has 0 aliphatic carbocycles. The number of hydrogen-bond acceptors (Lipinski definition) is 3. The average Bonchev–Trinajstić information content (AvgIpc) is 2.92. The summed E-state index contributed by atoms with van der Waals surface area (Å²) in [6.45, 7) is 9.04. The minimum atomic E-state index is 0.867. The second-order valence-electron chi connectivity index (χ2n) is 5.97. The van der Waals surface area contributed by atoms with E-state index in [2.05, 4.69) is 69.2 Å². The van der Waals surface area contributed by atoms with E-state index < -0.39 is 0 Å². The van der Waals surface area contributed by atoms with Gasteiger partial charge < -0.3 is 20.1 Å². The number of para-hydroxylation sites is 2. The summed E-state index contributed by atoms with van der Waals surface area (Å²) in [7, 11) is 3.93. The van der Waals surface area contributed by atoms with E-state index in [0.717, 1.165) is 56.4 Å². The molecule has 0 spiro atoms.